The number of fused-ring (bicyclic) bond motifs is 1. The van der Waals surface area contributed by atoms with Gasteiger partial charge in [0.2, 0.25) is 0 Å². The highest BCUT2D eigenvalue weighted by atomic mass is 16.2. The molecule has 0 radical (unpaired) electrons. The van der Waals surface area contributed by atoms with E-state index in [0.29, 0.717) is 17.6 Å². The van der Waals surface area contributed by atoms with Crippen LogP contribution in [0.25, 0.3) is 10.9 Å². The number of nitrogens with zero attached hydrogens (tertiary/aromatic N) is 1. The van der Waals surface area contributed by atoms with Crippen molar-refractivity contribution < 1.29 is 4.79 Å². The smallest absolute Gasteiger partial charge is 0.256 e. The number of nitrogen functional groups attached to an aromatic ring is 1. The number of rotatable bonds is 1. The van der Waals surface area contributed by atoms with Gasteiger partial charge in [0, 0.05) is 35.4 Å². The second kappa shape index (κ2) is 4.85. The molecule has 1 saturated heterocycles. The third kappa shape index (κ3) is 2.15. The second-order valence-electron chi connectivity index (χ2n) is 5.98. The number of benzene rings is 1. The van der Waals surface area contributed by atoms with Crippen molar-refractivity contribution in [2.45, 2.75) is 32.7 Å². The Morgan fingerprint density at radius 3 is 2.95 bits per heavy atom. The van der Waals surface area contributed by atoms with E-state index in [-0.39, 0.29) is 5.91 Å². The van der Waals surface area contributed by atoms with Gasteiger partial charge in [-0.25, -0.2) is 0 Å². The Bertz CT molecular complexity index is 646. The van der Waals surface area contributed by atoms with E-state index in [2.05, 4.69) is 18.8 Å². The molecule has 0 saturated carbocycles. The molecule has 2 unspecified atom stereocenters. The van der Waals surface area contributed by atoms with Gasteiger partial charge < -0.3 is 15.6 Å². The van der Waals surface area contributed by atoms with E-state index in [9.17, 15) is 4.79 Å². The van der Waals surface area contributed by atoms with Gasteiger partial charge in [-0.05, 0) is 43.9 Å². The number of carbonyl (C=O) groups excluding carboxylic acids is 1. The lowest BCUT2D eigenvalue weighted by Gasteiger charge is -2.36. The van der Waals surface area contributed by atoms with Crippen molar-refractivity contribution in [1.82, 2.24) is 9.88 Å². The molecule has 4 heteroatoms. The predicted octanol–water partition coefficient (Wildman–Crippen LogP) is 3.01. The fourth-order valence-electron chi connectivity index (χ4n) is 3.18. The van der Waals surface area contributed by atoms with E-state index >= 15 is 0 Å². The van der Waals surface area contributed by atoms with Crippen LogP contribution < -0.4 is 5.73 Å². The monoisotopic (exact) mass is 271 g/mol. The molecule has 1 aromatic carbocycles. The molecule has 3 rings (SSSR count). The maximum absolute atomic E-state index is 12.8. The van der Waals surface area contributed by atoms with Gasteiger partial charge in [-0.15, -0.1) is 0 Å². The van der Waals surface area contributed by atoms with Crippen molar-refractivity contribution in [2.24, 2.45) is 5.92 Å². The molecule has 1 amide bonds. The highest BCUT2D eigenvalue weighted by molar-refractivity contribution is 6.07. The summed E-state index contributed by atoms with van der Waals surface area (Å²) in [6, 6.07) is 5.94. The number of aromatic amines is 1. The average molecular weight is 271 g/mol. The molecule has 1 aliphatic heterocycles. The van der Waals surface area contributed by atoms with Crippen molar-refractivity contribution in [3.63, 3.8) is 0 Å². The van der Waals surface area contributed by atoms with Crippen LogP contribution in [0.15, 0.2) is 24.4 Å². The Balaban J connectivity index is 1.94. The summed E-state index contributed by atoms with van der Waals surface area (Å²) in [6.07, 6.45) is 3.97. The van der Waals surface area contributed by atoms with Gasteiger partial charge in [-0.2, -0.15) is 0 Å². The first-order chi connectivity index (χ1) is 9.56. The number of hydrogen-bond acceptors (Lipinski definition) is 2. The molecular weight excluding hydrogens is 250 g/mol. The molecule has 1 fully saturated rings. The van der Waals surface area contributed by atoms with E-state index in [4.69, 9.17) is 5.73 Å². The lowest BCUT2D eigenvalue weighted by atomic mass is 9.93. The number of nitrogens with two attached hydrogens (primary N) is 1. The molecular formula is C16H21N3O. The van der Waals surface area contributed by atoms with E-state index in [1.165, 1.54) is 0 Å². The van der Waals surface area contributed by atoms with Crippen LogP contribution >= 0.6 is 0 Å². The number of hydrogen-bond donors (Lipinski definition) is 2. The van der Waals surface area contributed by atoms with Crippen LogP contribution in [0, 0.1) is 5.92 Å². The number of aromatic nitrogens is 1. The molecule has 1 aliphatic rings. The Morgan fingerprint density at radius 1 is 1.40 bits per heavy atom. The first kappa shape index (κ1) is 13.0. The zero-order valence-corrected chi connectivity index (χ0v) is 12.0. The molecule has 2 heterocycles. The number of nitrogens with one attached hydrogen (secondary N) is 1. The fraction of sp³-hybridized carbons (Fsp3) is 0.438. The summed E-state index contributed by atoms with van der Waals surface area (Å²) in [6.45, 7) is 5.23. The van der Waals surface area contributed by atoms with Crippen LogP contribution in [0.5, 0.6) is 0 Å². The molecule has 2 aromatic rings. The van der Waals surface area contributed by atoms with Crippen molar-refractivity contribution >= 4 is 22.5 Å². The fourth-order valence-corrected chi connectivity index (χ4v) is 3.18. The van der Waals surface area contributed by atoms with Gasteiger partial charge in [0.25, 0.3) is 5.91 Å². The average Bonchev–Trinajstić information content (AvgIpc) is 2.81. The third-order valence-corrected chi connectivity index (χ3v) is 4.34. The molecule has 20 heavy (non-hydrogen) atoms. The van der Waals surface area contributed by atoms with Crippen LogP contribution in [-0.4, -0.2) is 28.4 Å². The topological polar surface area (TPSA) is 62.1 Å². The molecule has 0 aliphatic carbocycles. The first-order valence-electron chi connectivity index (χ1n) is 7.24. The molecule has 0 spiro atoms. The van der Waals surface area contributed by atoms with Crippen molar-refractivity contribution in [2.75, 3.05) is 12.3 Å². The highest BCUT2D eigenvalue weighted by Crippen LogP contribution is 2.27. The van der Waals surface area contributed by atoms with Gasteiger partial charge in [-0.3, -0.25) is 4.79 Å². The third-order valence-electron chi connectivity index (χ3n) is 4.34. The van der Waals surface area contributed by atoms with Gasteiger partial charge in [0.1, 0.15) is 0 Å². The summed E-state index contributed by atoms with van der Waals surface area (Å²) in [7, 11) is 0. The molecule has 1 aromatic heterocycles. The highest BCUT2D eigenvalue weighted by Gasteiger charge is 2.28. The van der Waals surface area contributed by atoms with Crippen molar-refractivity contribution in [3.05, 3.63) is 30.0 Å². The first-order valence-corrected chi connectivity index (χ1v) is 7.24. The minimum absolute atomic E-state index is 0.112. The van der Waals surface area contributed by atoms with Crippen molar-refractivity contribution in [3.8, 4) is 0 Å². The molecule has 4 nitrogen and oxygen atoms in total. The van der Waals surface area contributed by atoms with Gasteiger partial charge >= 0.3 is 0 Å². The second-order valence-corrected chi connectivity index (χ2v) is 5.98. The van der Waals surface area contributed by atoms with Gasteiger partial charge in [0.05, 0.1) is 5.56 Å². The SMILES string of the molecule is CC1CCN(C(=O)c2c[nH]c3ccc(N)cc23)C(C)C1. The van der Waals surface area contributed by atoms with E-state index < -0.39 is 0 Å². The number of amides is 1. The maximum atomic E-state index is 12.8. The summed E-state index contributed by atoms with van der Waals surface area (Å²) in [4.78, 5) is 17.9. The standard InChI is InChI=1S/C16H21N3O/c1-10-5-6-19(11(2)7-10)16(20)14-9-18-15-4-3-12(17)8-13(14)15/h3-4,8-11,18H,5-7,17H2,1-2H3. The number of likely N-dealkylation sites (tertiary alicyclic amines) is 1. The van der Waals surface area contributed by atoms with Crippen LogP contribution in [0.1, 0.15) is 37.0 Å². The van der Waals surface area contributed by atoms with E-state index in [1.807, 2.05) is 23.1 Å². The minimum Gasteiger partial charge on any atom is -0.399 e. The number of H-pyrrole nitrogens is 1. The summed E-state index contributed by atoms with van der Waals surface area (Å²) in [5.74, 6) is 0.814. The predicted molar refractivity (Wildman–Crippen MR) is 81.6 cm³/mol. The summed E-state index contributed by atoms with van der Waals surface area (Å²) < 4.78 is 0. The number of anilines is 1. The minimum atomic E-state index is 0.112. The lowest BCUT2D eigenvalue weighted by molar-refractivity contribution is 0.0591. The van der Waals surface area contributed by atoms with Gasteiger partial charge in [0.15, 0.2) is 0 Å². The zero-order chi connectivity index (χ0) is 14.3. The van der Waals surface area contributed by atoms with Gasteiger partial charge in [-0.1, -0.05) is 6.92 Å². The van der Waals surface area contributed by atoms with Crippen LogP contribution in [0.4, 0.5) is 5.69 Å². The largest absolute Gasteiger partial charge is 0.399 e. The Kier molecular flexibility index (Phi) is 3.16. The van der Waals surface area contributed by atoms with Crippen LogP contribution in [-0.2, 0) is 0 Å². The molecule has 106 valence electrons. The summed E-state index contributed by atoms with van der Waals surface area (Å²) in [5.41, 5.74) is 8.21. The summed E-state index contributed by atoms with van der Waals surface area (Å²) >= 11 is 0. The molecule has 3 N–H and O–H groups in total. The molecule has 2 atom stereocenters. The van der Waals surface area contributed by atoms with Crippen LogP contribution in [0.2, 0.25) is 0 Å². The Morgan fingerprint density at radius 2 is 2.20 bits per heavy atom. The number of piperidine rings is 1. The van der Waals surface area contributed by atoms with Crippen LogP contribution in [0.3, 0.4) is 0 Å². The van der Waals surface area contributed by atoms with E-state index in [1.54, 1.807) is 6.20 Å². The zero-order valence-electron chi connectivity index (χ0n) is 12.0. The van der Waals surface area contributed by atoms with E-state index in [0.717, 1.165) is 35.9 Å². The normalized spacial score (nSPS) is 23.2. The van der Waals surface area contributed by atoms with Crippen molar-refractivity contribution in [1.29, 1.82) is 0 Å². The number of carbonyl (C=O) groups is 1. The summed E-state index contributed by atoms with van der Waals surface area (Å²) in [5, 5.41) is 0.917. The maximum Gasteiger partial charge on any atom is 0.256 e. The Labute approximate surface area is 118 Å². The Hall–Kier alpha value is -1.97. The quantitative estimate of drug-likeness (QED) is 0.783. The lowest BCUT2D eigenvalue weighted by Crippen LogP contribution is -2.44. The molecule has 0 bridgehead atoms.